The molecule has 0 fully saturated rings. The summed E-state index contributed by atoms with van der Waals surface area (Å²) in [7, 11) is 1.67. The van der Waals surface area contributed by atoms with E-state index in [1.165, 1.54) is 24.3 Å². The minimum atomic E-state index is -0.299. The third kappa shape index (κ3) is 6.03. The van der Waals surface area contributed by atoms with Crippen molar-refractivity contribution in [3.8, 4) is 5.75 Å². The van der Waals surface area contributed by atoms with Crippen LogP contribution in [0.2, 0.25) is 0 Å². The largest absolute Gasteiger partial charge is 0.467 e. The molecule has 5 nitrogen and oxygen atoms in total. The smallest absolute Gasteiger partial charge is 0.191 e. The first-order valence-corrected chi connectivity index (χ1v) is 8.36. The molecular weight excluding hydrogens is 467 g/mol. The highest BCUT2D eigenvalue weighted by Crippen LogP contribution is 2.29. The fraction of sp³-hybridized carbons (Fsp3) is 0.316. The third-order valence-electron chi connectivity index (χ3n) is 4.04. The lowest BCUT2D eigenvalue weighted by atomic mass is 10.1. The van der Waals surface area contributed by atoms with Gasteiger partial charge in [0, 0.05) is 25.7 Å². The number of nitrogens with zero attached hydrogens (tertiary/aromatic N) is 1. The van der Waals surface area contributed by atoms with Crippen LogP contribution < -0.4 is 15.4 Å². The average Bonchev–Trinajstić information content (AvgIpc) is 2.65. The molecule has 0 saturated carbocycles. The van der Waals surface area contributed by atoms with Crippen LogP contribution in [-0.2, 0) is 24.3 Å². The minimum absolute atomic E-state index is 0. The maximum absolute atomic E-state index is 13.7. The van der Waals surface area contributed by atoms with Crippen molar-refractivity contribution in [3.63, 3.8) is 0 Å². The van der Waals surface area contributed by atoms with Gasteiger partial charge in [-0.2, -0.15) is 0 Å². The molecule has 0 unspecified atom stereocenters. The van der Waals surface area contributed by atoms with E-state index >= 15 is 0 Å². The first-order chi connectivity index (χ1) is 12.7. The summed E-state index contributed by atoms with van der Waals surface area (Å²) >= 11 is 0. The van der Waals surface area contributed by atoms with Crippen LogP contribution in [0.15, 0.2) is 41.4 Å². The number of ether oxygens (including phenoxy) is 2. The predicted octanol–water partition coefficient (Wildman–Crippen LogP) is 3.36. The van der Waals surface area contributed by atoms with Crippen molar-refractivity contribution in [2.45, 2.75) is 19.6 Å². The molecule has 0 aliphatic carbocycles. The molecule has 0 saturated heterocycles. The fourth-order valence-corrected chi connectivity index (χ4v) is 2.77. The number of rotatable bonds is 5. The zero-order chi connectivity index (χ0) is 18.4. The van der Waals surface area contributed by atoms with Gasteiger partial charge >= 0.3 is 0 Å². The number of hydrogen-bond acceptors (Lipinski definition) is 3. The van der Waals surface area contributed by atoms with Crippen molar-refractivity contribution in [2.75, 3.05) is 20.4 Å². The van der Waals surface area contributed by atoms with E-state index < -0.39 is 0 Å². The van der Waals surface area contributed by atoms with E-state index in [0.29, 0.717) is 37.8 Å². The molecule has 0 atom stereocenters. The number of nitrogens with one attached hydrogen (secondary N) is 2. The van der Waals surface area contributed by atoms with E-state index in [9.17, 15) is 8.78 Å². The average molecular weight is 489 g/mol. The highest BCUT2D eigenvalue weighted by molar-refractivity contribution is 14.0. The van der Waals surface area contributed by atoms with Gasteiger partial charge in [0.2, 0.25) is 0 Å². The molecule has 2 aromatic carbocycles. The molecular formula is C19H22F2IN3O2. The number of fused-ring (bicyclic) bond motifs is 1. The molecule has 0 bridgehead atoms. The Labute approximate surface area is 174 Å². The van der Waals surface area contributed by atoms with Crippen molar-refractivity contribution in [1.29, 1.82) is 0 Å². The monoisotopic (exact) mass is 489 g/mol. The number of aliphatic imine (C=N–C) groups is 1. The van der Waals surface area contributed by atoms with E-state index in [4.69, 9.17) is 9.47 Å². The topological polar surface area (TPSA) is 54.9 Å². The van der Waals surface area contributed by atoms with Crippen LogP contribution >= 0.6 is 24.0 Å². The second-order valence-electron chi connectivity index (χ2n) is 5.89. The molecule has 0 radical (unpaired) electrons. The molecule has 146 valence electrons. The van der Waals surface area contributed by atoms with Gasteiger partial charge in [0.05, 0.1) is 6.61 Å². The van der Waals surface area contributed by atoms with Gasteiger partial charge in [-0.1, -0.05) is 12.1 Å². The lowest BCUT2D eigenvalue weighted by molar-refractivity contribution is -0.0172. The molecule has 27 heavy (non-hydrogen) atoms. The van der Waals surface area contributed by atoms with E-state index in [2.05, 4.69) is 15.6 Å². The first kappa shape index (κ1) is 21.4. The van der Waals surface area contributed by atoms with Gasteiger partial charge in [0.1, 0.15) is 17.4 Å². The Balaban J connectivity index is 0.00000261. The standard InChI is InChI=1S/C19H21F2N3O2.HI/c1-22-19(24-10-13-2-4-16(20)5-3-13)23-7-6-14-8-17(21)9-15-11-25-12-26-18(14)15;/h2-5,8-9H,6-7,10-12H2,1H3,(H2,22,23,24);1H. The number of hydrogen-bond donors (Lipinski definition) is 2. The Morgan fingerprint density at radius 2 is 1.89 bits per heavy atom. The summed E-state index contributed by atoms with van der Waals surface area (Å²) < 4.78 is 37.4. The summed E-state index contributed by atoms with van der Waals surface area (Å²) in [6.45, 7) is 1.62. The lowest BCUT2D eigenvalue weighted by Gasteiger charge is -2.21. The van der Waals surface area contributed by atoms with Crippen LogP contribution in [0.25, 0.3) is 0 Å². The van der Waals surface area contributed by atoms with Crippen molar-refractivity contribution in [2.24, 2.45) is 4.99 Å². The van der Waals surface area contributed by atoms with Gasteiger partial charge in [-0.15, -0.1) is 24.0 Å². The molecule has 2 aromatic rings. The molecule has 1 aliphatic heterocycles. The number of halogens is 3. The highest BCUT2D eigenvalue weighted by atomic mass is 127. The van der Waals surface area contributed by atoms with Gasteiger partial charge in [-0.05, 0) is 41.8 Å². The zero-order valence-corrected chi connectivity index (χ0v) is 17.3. The number of benzene rings is 2. The van der Waals surface area contributed by atoms with E-state index in [1.807, 2.05) is 0 Å². The fourth-order valence-electron chi connectivity index (χ4n) is 2.77. The van der Waals surface area contributed by atoms with Crippen LogP contribution in [0.3, 0.4) is 0 Å². The Kier molecular flexibility index (Phi) is 8.23. The zero-order valence-electron chi connectivity index (χ0n) is 14.9. The summed E-state index contributed by atoms with van der Waals surface area (Å²) in [4.78, 5) is 4.15. The Morgan fingerprint density at radius 1 is 1.11 bits per heavy atom. The maximum atomic E-state index is 13.7. The summed E-state index contributed by atoms with van der Waals surface area (Å²) in [5, 5.41) is 6.34. The lowest BCUT2D eigenvalue weighted by Crippen LogP contribution is -2.37. The summed E-state index contributed by atoms with van der Waals surface area (Å²) in [6, 6.07) is 9.20. The molecule has 0 spiro atoms. The normalized spacial score (nSPS) is 13.2. The van der Waals surface area contributed by atoms with Crippen molar-refractivity contribution in [1.82, 2.24) is 10.6 Å². The molecule has 3 rings (SSSR count). The quantitative estimate of drug-likeness (QED) is 0.385. The van der Waals surface area contributed by atoms with Crippen LogP contribution in [0.5, 0.6) is 5.75 Å². The van der Waals surface area contributed by atoms with Gasteiger partial charge in [-0.25, -0.2) is 8.78 Å². The Bertz CT molecular complexity index is 785. The number of guanidine groups is 1. The van der Waals surface area contributed by atoms with E-state index in [0.717, 1.165) is 16.7 Å². The predicted molar refractivity (Wildman–Crippen MR) is 110 cm³/mol. The van der Waals surface area contributed by atoms with Crippen molar-refractivity contribution in [3.05, 3.63) is 64.7 Å². The van der Waals surface area contributed by atoms with Crippen LogP contribution in [-0.4, -0.2) is 26.3 Å². The summed E-state index contributed by atoms with van der Waals surface area (Å²) in [6.07, 6.45) is 0.581. The molecule has 1 aliphatic rings. The van der Waals surface area contributed by atoms with E-state index in [1.54, 1.807) is 19.2 Å². The SMILES string of the molecule is CN=C(NCCc1cc(F)cc2c1OCOC2)NCc1ccc(F)cc1.I. The van der Waals surface area contributed by atoms with E-state index in [-0.39, 0.29) is 42.4 Å². The maximum Gasteiger partial charge on any atom is 0.191 e. The molecule has 0 amide bonds. The molecule has 2 N–H and O–H groups in total. The van der Waals surface area contributed by atoms with Gasteiger partial charge in [0.15, 0.2) is 12.8 Å². The van der Waals surface area contributed by atoms with Crippen molar-refractivity contribution >= 4 is 29.9 Å². The molecule has 0 aromatic heterocycles. The molecule has 1 heterocycles. The third-order valence-corrected chi connectivity index (χ3v) is 4.04. The highest BCUT2D eigenvalue weighted by Gasteiger charge is 2.16. The van der Waals surface area contributed by atoms with Crippen molar-refractivity contribution < 1.29 is 18.3 Å². The van der Waals surface area contributed by atoms with Crippen LogP contribution in [0.4, 0.5) is 8.78 Å². The Morgan fingerprint density at radius 3 is 2.63 bits per heavy atom. The van der Waals surface area contributed by atoms with Gasteiger partial charge < -0.3 is 20.1 Å². The second kappa shape index (κ2) is 10.4. The Hall–Kier alpha value is -1.94. The second-order valence-corrected chi connectivity index (χ2v) is 5.89. The van der Waals surface area contributed by atoms with Gasteiger partial charge in [-0.3, -0.25) is 4.99 Å². The van der Waals surface area contributed by atoms with Gasteiger partial charge in [0.25, 0.3) is 0 Å². The summed E-state index contributed by atoms with van der Waals surface area (Å²) in [5.41, 5.74) is 2.47. The van der Waals surface area contributed by atoms with Crippen LogP contribution in [0.1, 0.15) is 16.7 Å². The summed E-state index contributed by atoms with van der Waals surface area (Å²) in [5.74, 6) is 0.756. The minimum Gasteiger partial charge on any atom is -0.467 e. The molecule has 8 heteroatoms. The first-order valence-electron chi connectivity index (χ1n) is 8.36. The van der Waals surface area contributed by atoms with Crippen LogP contribution in [0, 0.1) is 11.6 Å².